The highest BCUT2D eigenvalue weighted by Crippen LogP contribution is 2.65. The minimum atomic E-state index is -0.774. The van der Waals surface area contributed by atoms with Gasteiger partial charge >= 0.3 is 5.97 Å². The van der Waals surface area contributed by atoms with Gasteiger partial charge in [-0.3, -0.25) is 9.59 Å². The van der Waals surface area contributed by atoms with Crippen LogP contribution in [0.1, 0.15) is 52.4 Å². The molecular weight excluding hydrogens is 288 g/mol. The van der Waals surface area contributed by atoms with E-state index < -0.39 is 11.4 Å². The Morgan fingerprint density at radius 1 is 1.39 bits per heavy atom. The lowest BCUT2D eigenvalue weighted by Gasteiger charge is -2.58. The van der Waals surface area contributed by atoms with E-state index in [0.29, 0.717) is 6.42 Å². The fraction of sp³-hybridized carbons (Fsp3) is 0.600. The number of hydrogen-bond acceptors (Lipinski definition) is 2. The van der Waals surface area contributed by atoms with Crippen LogP contribution in [0, 0.1) is 22.7 Å². The molecule has 4 rings (SSSR count). The molecule has 0 aromatic heterocycles. The average Bonchev–Trinajstić information content (AvgIpc) is 2.50. The van der Waals surface area contributed by atoms with Crippen LogP contribution in [0.15, 0.2) is 36.0 Å². The van der Waals surface area contributed by atoms with Gasteiger partial charge in [0.2, 0.25) is 0 Å². The van der Waals surface area contributed by atoms with Crippen LogP contribution in [0.3, 0.4) is 0 Å². The number of carboxylic acid groups (broad SMARTS) is 1. The Morgan fingerprint density at radius 2 is 2.04 bits per heavy atom. The summed E-state index contributed by atoms with van der Waals surface area (Å²) in [5, 5.41) is 9.18. The normalized spacial score (nSPS) is 39.0. The van der Waals surface area contributed by atoms with Crippen molar-refractivity contribution < 1.29 is 14.7 Å². The van der Waals surface area contributed by atoms with Gasteiger partial charge in [0.15, 0.2) is 5.78 Å². The van der Waals surface area contributed by atoms with Gasteiger partial charge in [-0.05, 0) is 55.9 Å². The first-order valence-electron chi connectivity index (χ1n) is 8.56. The van der Waals surface area contributed by atoms with Crippen molar-refractivity contribution in [1.82, 2.24) is 0 Å². The third kappa shape index (κ3) is 2.16. The molecule has 124 valence electrons. The second-order valence-electron chi connectivity index (χ2n) is 7.91. The van der Waals surface area contributed by atoms with Gasteiger partial charge in [-0.15, -0.1) is 0 Å². The molecule has 2 bridgehead atoms. The van der Waals surface area contributed by atoms with E-state index in [0.717, 1.165) is 36.8 Å². The van der Waals surface area contributed by atoms with Crippen LogP contribution in [0.2, 0.25) is 0 Å². The van der Waals surface area contributed by atoms with Crippen molar-refractivity contribution in [2.45, 2.75) is 52.4 Å². The molecule has 0 aliphatic heterocycles. The largest absolute Gasteiger partial charge is 0.481 e. The van der Waals surface area contributed by atoms with Gasteiger partial charge in [-0.25, -0.2) is 0 Å². The molecule has 4 atom stereocenters. The molecule has 0 amide bonds. The van der Waals surface area contributed by atoms with Crippen LogP contribution in [-0.2, 0) is 9.59 Å². The summed E-state index contributed by atoms with van der Waals surface area (Å²) in [6, 6.07) is 0. The highest BCUT2D eigenvalue weighted by Gasteiger charge is 2.59. The Morgan fingerprint density at radius 3 is 2.65 bits per heavy atom. The van der Waals surface area contributed by atoms with Crippen LogP contribution in [0.5, 0.6) is 0 Å². The molecule has 2 saturated carbocycles. The third-order valence-electron chi connectivity index (χ3n) is 6.64. The van der Waals surface area contributed by atoms with Gasteiger partial charge in [-0.2, -0.15) is 0 Å². The van der Waals surface area contributed by atoms with Gasteiger partial charge in [0.1, 0.15) is 0 Å². The molecule has 3 nitrogen and oxygen atoms in total. The van der Waals surface area contributed by atoms with Crippen molar-refractivity contribution in [3.8, 4) is 0 Å². The van der Waals surface area contributed by atoms with E-state index in [4.69, 9.17) is 0 Å². The van der Waals surface area contributed by atoms with Crippen molar-refractivity contribution in [3.05, 3.63) is 36.0 Å². The topological polar surface area (TPSA) is 54.4 Å². The summed E-state index contributed by atoms with van der Waals surface area (Å²) < 4.78 is 0. The summed E-state index contributed by atoms with van der Waals surface area (Å²) in [7, 11) is 0. The lowest BCUT2D eigenvalue weighted by molar-refractivity contribution is -0.138. The number of aliphatic carboxylic acids is 1. The molecule has 1 N–H and O–H groups in total. The number of allylic oxidation sites excluding steroid dienone is 4. The molecule has 3 heteroatoms. The highest BCUT2D eigenvalue weighted by atomic mass is 16.4. The minimum Gasteiger partial charge on any atom is -0.481 e. The first-order chi connectivity index (χ1) is 10.7. The van der Waals surface area contributed by atoms with Crippen LogP contribution >= 0.6 is 0 Å². The highest BCUT2D eigenvalue weighted by molar-refractivity contribution is 6.04. The SMILES string of the molecule is C=C1C(=O)[C@]23CC[C@H]1C=C2[C@](C)(CCC(=O)O)[C@@H](C(=C)C)CC3. The van der Waals surface area contributed by atoms with E-state index in [9.17, 15) is 14.7 Å². The Hall–Kier alpha value is -1.64. The zero-order valence-electron chi connectivity index (χ0n) is 14.2. The first kappa shape index (κ1) is 16.2. The molecular formula is C20H26O3. The first-order valence-corrected chi connectivity index (χ1v) is 8.56. The monoisotopic (exact) mass is 314 g/mol. The Balaban J connectivity index is 2.10. The molecule has 0 aromatic rings. The predicted octanol–water partition coefficient (Wildman–Crippen LogP) is 4.31. The summed E-state index contributed by atoms with van der Waals surface area (Å²) >= 11 is 0. The number of rotatable bonds is 4. The third-order valence-corrected chi connectivity index (χ3v) is 6.64. The van der Waals surface area contributed by atoms with Gasteiger partial charge < -0.3 is 5.11 Å². The van der Waals surface area contributed by atoms with E-state index in [-0.39, 0.29) is 29.5 Å². The number of ketones is 1. The average molecular weight is 314 g/mol. The minimum absolute atomic E-state index is 0.132. The molecule has 23 heavy (non-hydrogen) atoms. The van der Waals surface area contributed by atoms with Crippen LogP contribution < -0.4 is 0 Å². The Labute approximate surface area is 138 Å². The Kier molecular flexibility index (Phi) is 3.66. The second-order valence-corrected chi connectivity index (χ2v) is 7.91. The summed E-state index contributed by atoms with van der Waals surface area (Å²) in [6.07, 6.45) is 6.61. The summed E-state index contributed by atoms with van der Waals surface area (Å²) in [5.41, 5.74) is 2.36. The van der Waals surface area contributed by atoms with Gasteiger partial charge in [0, 0.05) is 12.3 Å². The van der Waals surface area contributed by atoms with Crippen molar-refractivity contribution in [2.75, 3.05) is 0 Å². The smallest absolute Gasteiger partial charge is 0.303 e. The maximum Gasteiger partial charge on any atom is 0.303 e. The second kappa shape index (κ2) is 5.19. The lowest BCUT2D eigenvalue weighted by atomic mass is 9.44. The van der Waals surface area contributed by atoms with Crippen molar-refractivity contribution in [3.63, 3.8) is 0 Å². The van der Waals surface area contributed by atoms with Gasteiger partial charge in [0.05, 0.1) is 5.41 Å². The number of carbonyl (C=O) groups is 2. The van der Waals surface area contributed by atoms with Gasteiger partial charge in [-0.1, -0.05) is 37.3 Å². The molecule has 0 aromatic carbocycles. The van der Waals surface area contributed by atoms with Crippen molar-refractivity contribution in [1.29, 1.82) is 0 Å². The maximum atomic E-state index is 13.0. The van der Waals surface area contributed by atoms with Gasteiger partial charge in [0.25, 0.3) is 0 Å². The molecule has 4 aliphatic rings. The maximum absolute atomic E-state index is 13.0. The molecule has 0 unspecified atom stereocenters. The van der Waals surface area contributed by atoms with E-state index in [1.54, 1.807) is 0 Å². The zero-order chi connectivity index (χ0) is 17.0. The fourth-order valence-corrected chi connectivity index (χ4v) is 5.44. The number of carbonyl (C=O) groups excluding carboxylic acids is 1. The fourth-order valence-electron chi connectivity index (χ4n) is 5.44. The lowest BCUT2D eigenvalue weighted by Crippen LogP contribution is -2.53. The summed E-state index contributed by atoms with van der Waals surface area (Å²) in [5.74, 6) is -0.164. The summed E-state index contributed by atoms with van der Waals surface area (Å²) in [4.78, 5) is 24.1. The standard InChI is InChI=1S/C20H26O3/c1-12(2)15-6-10-20-9-5-14(13(3)18(20)23)11-16(20)19(15,4)8-7-17(21)22/h11,14-15H,1,3,5-10H2,2,4H3,(H,21,22)/t14-,15+,19+,20-/m0/s1. The van der Waals surface area contributed by atoms with Crippen LogP contribution in [0.25, 0.3) is 0 Å². The number of carboxylic acids is 1. The molecule has 2 fully saturated rings. The van der Waals surface area contributed by atoms with E-state index >= 15 is 0 Å². The number of hydrogen-bond donors (Lipinski definition) is 1. The molecule has 4 aliphatic carbocycles. The van der Waals surface area contributed by atoms with Crippen LogP contribution in [0.4, 0.5) is 0 Å². The predicted molar refractivity (Wildman–Crippen MR) is 89.9 cm³/mol. The van der Waals surface area contributed by atoms with Crippen LogP contribution in [-0.4, -0.2) is 16.9 Å². The molecule has 0 heterocycles. The quantitative estimate of drug-likeness (QED) is 0.621. The van der Waals surface area contributed by atoms with E-state index in [2.05, 4.69) is 26.2 Å². The van der Waals surface area contributed by atoms with E-state index in [1.807, 2.05) is 6.92 Å². The summed E-state index contributed by atoms with van der Waals surface area (Å²) in [6.45, 7) is 12.4. The van der Waals surface area contributed by atoms with Crippen molar-refractivity contribution in [2.24, 2.45) is 22.7 Å². The van der Waals surface area contributed by atoms with Crippen molar-refractivity contribution >= 4 is 11.8 Å². The number of fused-ring (bicyclic) bond motifs is 2. The van der Waals surface area contributed by atoms with E-state index in [1.165, 1.54) is 5.57 Å². The number of Topliss-reactive ketones (excluding diaryl/α,β-unsaturated/α-hetero) is 1. The molecule has 0 radical (unpaired) electrons. The molecule has 0 saturated heterocycles. The molecule has 1 spiro atoms. The zero-order valence-corrected chi connectivity index (χ0v) is 14.2. The Bertz CT molecular complexity index is 641.